The van der Waals surface area contributed by atoms with Crippen LogP contribution in [0.4, 0.5) is 5.82 Å². The van der Waals surface area contributed by atoms with Crippen molar-refractivity contribution in [3.63, 3.8) is 0 Å². The maximum atomic E-state index is 11.5. The van der Waals surface area contributed by atoms with Gasteiger partial charge in [-0.05, 0) is 12.1 Å². The Balaban J connectivity index is 2.01. The zero-order chi connectivity index (χ0) is 14.8. The van der Waals surface area contributed by atoms with Gasteiger partial charge in [0.25, 0.3) is 0 Å². The average Bonchev–Trinajstić information content (AvgIpc) is 2.55. The summed E-state index contributed by atoms with van der Waals surface area (Å²) < 4.78 is 9.89. The number of ether oxygens (including phenoxy) is 2. The second kappa shape index (κ2) is 5.53. The van der Waals surface area contributed by atoms with Crippen LogP contribution in [0.1, 0.15) is 10.5 Å². The molecular formula is C14H15N3O4. The van der Waals surface area contributed by atoms with Crippen molar-refractivity contribution in [1.82, 2.24) is 9.97 Å². The normalized spacial score (nSPS) is 15.2. The Morgan fingerprint density at radius 3 is 2.86 bits per heavy atom. The third kappa shape index (κ3) is 2.47. The number of hydrogen-bond donors (Lipinski definition) is 1. The summed E-state index contributed by atoms with van der Waals surface area (Å²) in [5.74, 6) is -0.0788. The van der Waals surface area contributed by atoms with Gasteiger partial charge in [0.2, 0.25) is 0 Å². The molecule has 1 fully saturated rings. The Labute approximate surface area is 121 Å². The molecule has 110 valence electrons. The van der Waals surface area contributed by atoms with Crippen molar-refractivity contribution in [2.45, 2.75) is 0 Å². The van der Waals surface area contributed by atoms with E-state index in [0.29, 0.717) is 24.1 Å². The van der Waals surface area contributed by atoms with E-state index in [0.717, 1.165) is 18.9 Å². The van der Waals surface area contributed by atoms with Gasteiger partial charge in [0.05, 0.1) is 32.0 Å². The highest BCUT2D eigenvalue weighted by Gasteiger charge is 2.18. The minimum Gasteiger partial charge on any atom is -0.505 e. The predicted molar refractivity (Wildman–Crippen MR) is 75.6 cm³/mol. The van der Waals surface area contributed by atoms with Gasteiger partial charge in [0, 0.05) is 18.5 Å². The van der Waals surface area contributed by atoms with Crippen LogP contribution in [0.25, 0.3) is 10.9 Å². The number of morpholine rings is 1. The van der Waals surface area contributed by atoms with Crippen molar-refractivity contribution in [3.05, 3.63) is 24.0 Å². The first-order valence-corrected chi connectivity index (χ1v) is 6.60. The van der Waals surface area contributed by atoms with Crippen LogP contribution >= 0.6 is 0 Å². The van der Waals surface area contributed by atoms with Crippen LogP contribution in [0.2, 0.25) is 0 Å². The molecule has 0 spiro atoms. The van der Waals surface area contributed by atoms with Crippen LogP contribution in [0.5, 0.6) is 5.75 Å². The molecule has 0 radical (unpaired) electrons. The van der Waals surface area contributed by atoms with E-state index < -0.39 is 5.97 Å². The number of rotatable bonds is 2. The monoisotopic (exact) mass is 289 g/mol. The molecule has 0 aliphatic carbocycles. The summed E-state index contributed by atoms with van der Waals surface area (Å²) >= 11 is 0. The second-order valence-electron chi connectivity index (χ2n) is 4.65. The highest BCUT2D eigenvalue weighted by molar-refractivity contribution is 5.98. The summed E-state index contributed by atoms with van der Waals surface area (Å²) in [6.07, 6.45) is 1.46. The van der Waals surface area contributed by atoms with E-state index in [1.807, 2.05) is 6.07 Å². The minimum atomic E-state index is -0.674. The number of carbonyl (C=O) groups excluding carboxylic acids is 1. The van der Waals surface area contributed by atoms with Gasteiger partial charge in [0.1, 0.15) is 5.82 Å². The lowest BCUT2D eigenvalue weighted by Crippen LogP contribution is -2.36. The Morgan fingerprint density at radius 1 is 1.38 bits per heavy atom. The summed E-state index contributed by atoms with van der Waals surface area (Å²) in [6.45, 7) is 2.89. The van der Waals surface area contributed by atoms with Gasteiger partial charge in [-0.1, -0.05) is 0 Å². The quantitative estimate of drug-likeness (QED) is 0.824. The van der Waals surface area contributed by atoms with Gasteiger partial charge in [-0.3, -0.25) is 0 Å². The van der Waals surface area contributed by atoms with Gasteiger partial charge in [-0.2, -0.15) is 0 Å². The zero-order valence-electron chi connectivity index (χ0n) is 11.6. The van der Waals surface area contributed by atoms with Crippen LogP contribution in [0, 0.1) is 0 Å². The molecule has 0 saturated carbocycles. The van der Waals surface area contributed by atoms with Crippen LogP contribution in [-0.2, 0) is 9.47 Å². The first-order chi connectivity index (χ1) is 10.2. The topological polar surface area (TPSA) is 84.8 Å². The summed E-state index contributed by atoms with van der Waals surface area (Å²) in [5.41, 5.74) is 0.426. The highest BCUT2D eigenvalue weighted by atomic mass is 16.5. The Bertz CT molecular complexity index is 683. The molecule has 0 bridgehead atoms. The lowest BCUT2D eigenvalue weighted by atomic mass is 10.2. The lowest BCUT2D eigenvalue weighted by molar-refractivity contribution is 0.0591. The van der Waals surface area contributed by atoms with Crippen LogP contribution in [0.3, 0.4) is 0 Å². The van der Waals surface area contributed by atoms with Crippen LogP contribution in [0.15, 0.2) is 18.3 Å². The van der Waals surface area contributed by atoms with Gasteiger partial charge in [-0.15, -0.1) is 0 Å². The maximum Gasteiger partial charge on any atom is 0.360 e. The van der Waals surface area contributed by atoms with Crippen molar-refractivity contribution in [3.8, 4) is 5.75 Å². The SMILES string of the molecule is COC(=O)c1ncc2nc(N3CCOCC3)ccc2c1O. The molecule has 2 aromatic heterocycles. The molecule has 21 heavy (non-hydrogen) atoms. The number of pyridine rings is 2. The molecule has 7 heteroatoms. The summed E-state index contributed by atoms with van der Waals surface area (Å²) in [4.78, 5) is 22.0. The molecular weight excluding hydrogens is 274 g/mol. The molecule has 2 aromatic rings. The summed E-state index contributed by atoms with van der Waals surface area (Å²) in [6, 6.07) is 3.55. The molecule has 7 nitrogen and oxygen atoms in total. The predicted octanol–water partition coefficient (Wildman–Crippen LogP) is 0.959. The number of hydrogen-bond acceptors (Lipinski definition) is 7. The zero-order valence-corrected chi connectivity index (χ0v) is 11.6. The van der Waals surface area contributed by atoms with E-state index in [2.05, 4.69) is 19.6 Å². The molecule has 1 aliphatic heterocycles. The molecule has 0 atom stereocenters. The first kappa shape index (κ1) is 13.6. The molecule has 0 unspecified atom stereocenters. The Morgan fingerprint density at radius 2 is 2.14 bits per heavy atom. The molecule has 0 amide bonds. The average molecular weight is 289 g/mol. The third-order valence-electron chi connectivity index (χ3n) is 3.42. The maximum absolute atomic E-state index is 11.5. The molecule has 3 rings (SSSR count). The summed E-state index contributed by atoms with van der Waals surface area (Å²) in [7, 11) is 1.24. The van der Waals surface area contributed by atoms with Crippen molar-refractivity contribution < 1.29 is 19.4 Å². The fourth-order valence-corrected chi connectivity index (χ4v) is 2.29. The number of aromatic nitrogens is 2. The lowest BCUT2D eigenvalue weighted by Gasteiger charge is -2.27. The standard InChI is InChI=1S/C14H15N3O4/c1-20-14(19)12-13(18)9-2-3-11(16-10(9)8-15-12)17-4-6-21-7-5-17/h2-3,8,18H,4-7H2,1H3. The van der Waals surface area contributed by atoms with Crippen LogP contribution in [-0.4, -0.2) is 54.5 Å². The van der Waals surface area contributed by atoms with E-state index in [1.165, 1.54) is 13.3 Å². The number of methoxy groups -OCH3 is 1. The summed E-state index contributed by atoms with van der Waals surface area (Å²) in [5, 5.41) is 10.6. The van der Waals surface area contributed by atoms with Gasteiger partial charge >= 0.3 is 5.97 Å². The van der Waals surface area contributed by atoms with Gasteiger partial charge in [-0.25, -0.2) is 14.8 Å². The number of aromatic hydroxyl groups is 1. The largest absolute Gasteiger partial charge is 0.505 e. The van der Waals surface area contributed by atoms with E-state index in [4.69, 9.17) is 4.74 Å². The molecule has 1 N–H and O–H groups in total. The van der Waals surface area contributed by atoms with Crippen molar-refractivity contribution in [1.29, 1.82) is 0 Å². The molecule has 3 heterocycles. The number of carbonyl (C=O) groups is 1. The van der Waals surface area contributed by atoms with E-state index >= 15 is 0 Å². The second-order valence-corrected chi connectivity index (χ2v) is 4.65. The number of esters is 1. The smallest absolute Gasteiger partial charge is 0.360 e. The van der Waals surface area contributed by atoms with E-state index in [1.54, 1.807) is 6.07 Å². The fraction of sp³-hybridized carbons (Fsp3) is 0.357. The Kier molecular flexibility index (Phi) is 3.57. The molecule has 1 saturated heterocycles. The van der Waals surface area contributed by atoms with Crippen LogP contribution < -0.4 is 4.90 Å². The fourth-order valence-electron chi connectivity index (χ4n) is 2.29. The molecule has 0 aromatic carbocycles. The van der Waals surface area contributed by atoms with E-state index in [-0.39, 0.29) is 11.4 Å². The minimum absolute atomic E-state index is 0.106. The number of fused-ring (bicyclic) bond motifs is 1. The Hall–Kier alpha value is -2.41. The molecule has 1 aliphatic rings. The number of nitrogens with zero attached hydrogens (tertiary/aromatic N) is 3. The van der Waals surface area contributed by atoms with Crippen molar-refractivity contribution in [2.24, 2.45) is 0 Å². The first-order valence-electron chi connectivity index (χ1n) is 6.60. The van der Waals surface area contributed by atoms with Crippen molar-refractivity contribution >= 4 is 22.7 Å². The number of anilines is 1. The highest BCUT2D eigenvalue weighted by Crippen LogP contribution is 2.28. The van der Waals surface area contributed by atoms with Crippen molar-refractivity contribution in [2.75, 3.05) is 38.3 Å². The van der Waals surface area contributed by atoms with E-state index in [9.17, 15) is 9.90 Å². The third-order valence-corrected chi connectivity index (χ3v) is 3.42. The van der Waals surface area contributed by atoms with Gasteiger partial charge in [0.15, 0.2) is 11.4 Å². The van der Waals surface area contributed by atoms with Gasteiger partial charge < -0.3 is 19.5 Å².